The number of phenols is 1. The molecule has 0 fully saturated rings. The zero-order chi connectivity index (χ0) is 8.27. The second-order valence-electron chi connectivity index (χ2n) is 2.05. The lowest BCUT2D eigenvalue weighted by Gasteiger charge is -2.03. The van der Waals surface area contributed by atoms with Crippen LogP contribution in [0.3, 0.4) is 0 Å². The van der Waals surface area contributed by atoms with Gasteiger partial charge in [0, 0.05) is 6.07 Å². The van der Waals surface area contributed by atoms with E-state index < -0.39 is 5.82 Å². The van der Waals surface area contributed by atoms with Crippen LogP contribution in [-0.4, -0.2) is 11.7 Å². The fraction of sp³-hybridized carbons (Fsp3) is 0.250. The lowest BCUT2D eigenvalue weighted by Crippen LogP contribution is -1.91. The third kappa shape index (κ3) is 1.83. The summed E-state index contributed by atoms with van der Waals surface area (Å²) < 4.78 is 17.3. The van der Waals surface area contributed by atoms with Gasteiger partial charge in [0.2, 0.25) is 0 Å². The van der Waals surface area contributed by atoms with Crippen LogP contribution in [0.15, 0.2) is 18.2 Å². The summed E-state index contributed by atoms with van der Waals surface area (Å²) in [5.74, 6) is -0.313. The molecule has 1 aromatic rings. The van der Waals surface area contributed by atoms with Crippen molar-refractivity contribution < 1.29 is 14.2 Å². The molecule has 0 atom stereocenters. The maximum Gasteiger partial charge on any atom is 0.161 e. The molecule has 0 saturated heterocycles. The number of hydrogen-bond acceptors (Lipinski definition) is 2. The standard InChI is InChI=1S/C8H9FO2/c1-2-11-8-4-3-6(9)5-7(8)10/h3-5,10H,2H2,1H3. The summed E-state index contributed by atoms with van der Waals surface area (Å²) in [6, 6.07) is 3.66. The number of halogens is 1. The van der Waals surface area contributed by atoms with Crippen molar-refractivity contribution in [1.82, 2.24) is 0 Å². The van der Waals surface area contributed by atoms with Crippen molar-refractivity contribution in [2.45, 2.75) is 6.92 Å². The highest BCUT2D eigenvalue weighted by molar-refractivity contribution is 5.38. The van der Waals surface area contributed by atoms with Gasteiger partial charge in [-0.25, -0.2) is 4.39 Å². The number of hydrogen-bond donors (Lipinski definition) is 1. The molecule has 1 N–H and O–H groups in total. The molecule has 0 unspecified atom stereocenters. The number of aromatic hydroxyl groups is 1. The van der Waals surface area contributed by atoms with Gasteiger partial charge in [-0.15, -0.1) is 0 Å². The molecule has 0 aromatic heterocycles. The molecule has 1 rings (SSSR count). The van der Waals surface area contributed by atoms with Crippen LogP contribution in [0.1, 0.15) is 6.92 Å². The molecule has 0 aliphatic carbocycles. The fourth-order valence-electron chi connectivity index (χ4n) is 0.768. The fourth-order valence-corrected chi connectivity index (χ4v) is 0.768. The number of phenolic OH excluding ortho intramolecular Hbond substituents is 1. The Kier molecular flexibility index (Phi) is 2.31. The summed E-state index contributed by atoms with van der Waals surface area (Å²) in [5, 5.41) is 9.06. The van der Waals surface area contributed by atoms with Crippen LogP contribution in [-0.2, 0) is 0 Å². The van der Waals surface area contributed by atoms with Crippen LogP contribution >= 0.6 is 0 Å². The Hall–Kier alpha value is -1.25. The third-order valence-corrected chi connectivity index (χ3v) is 1.22. The summed E-state index contributed by atoms with van der Waals surface area (Å²) in [5.41, 5.74) is 0. The first kappa shape index (κ1) is 7.85. The SMILES string of the molecule is CCOc1ccc(F)cc1O. The van der Waals surface area contributed by atoms with Gasteiger partial charge < -0.3 is 9.84 Å². The minimum atomic E-state index is -0.467. The quantitative estimate of drug-likeness (QED) is 0.708. The first-order valence-electron chi connectivity index (χ1n) is 3.35. The van der Waals surface area contributed by atoms with Crippen molar-refractivity contribution in [3.05, 3.63) is 24.0 Å². The Labute approximate surface area is 64.2 Å². The Morgan fingerprint density at radius 1 is 1.55 bits per heavy atom. The van der Waals surface area contributed by atoms with E-state index in [2.05, 4.69) is 0 Å². The maximum absolute atomic E-state index is 12.4. The summed E-state index contributed by atoms with van der Waals surface area (Å²) >= 11 is 0. The topological polar surface area (TPSA) is 29.5 Å². The van der Waals surface area contributed by atoms with Gasteiger partial charge in [0.25, 0.3) is 0 Å². The molecule has 0 aliphatic heterocycles. The van der Waals surface area contributed by atoms with Crippen molar-refractivity contribution in [3.63, 3.8) is 0 Å². The van der Waals surface area contributed by atoms with Crippen molar-refractivity contribution in [2.24, 2.45) is 0 Å². The lowest BCUT2D eigenvalue weighted by atomic mass is 10.3. The summed E-state index contributed by atoms with van der Waals surface area (Å²) in [4.78, 5) is 0. The highest BCUT2D eigenvalue weighted by Crippen LogP contribution is 2.25. The van der Waals surface area contributed by atoms with Gasteiger partial charge in [-0.2, -0.15) is 0 Å². The van der Waals surface area contributed by atoms with Crippen LogP contribution in [0, 0.1) is 5.82 Å². The van der Waals surface area contributed by atoms with Crippen LogP contribution in [0.25, 0.3) is 0 Å². The normalized spacial score (nSPS) is 9.64. The Balaban J connectivity index is 2.90. The number of ether oxygens (including phenoxy) is 1. The average molecular weight is 156 g/mol. The molecule has 0 amide bonds. The maximum atomic E-state index is 12.4. The van der Waals surface area contributed by atoms with Gasteiger partial charge in [-0.1, -0.05) is 0 Å². The Morgan fingerprint density at radius 3 is 2.82 bits per heavy atom. The van der Waals surface area contributed by atoms with Gasteiger partial charge >= 0.3 is 0 Å². The Morgan fingerprint density at radius 2 is 2.27 bits per heavy atom. The molecule has 0 bridgehead atoms. The van der Waals surface area contributed by atoms with Crippen molar-refractivity contribution in [2.75, 3.05) is 6.61 Å². The average Bonchev–Trinajstić information content (AvgIpc) is 1.95. The zero-order valence-corrected chi connectivity index (χ0v) is 6.17. The largest absolute Gasteiger partial charge is 0.504 e. The van der Waals surface area contributed by atoms with E-state index in [1.54, 1.807) is 6.92 Å². The molecule has 3 heteroatoms. The number of rotatable bonds is 2. The van der Waals surface area contributed by atoms with Crippen LogP contribution in [0.2, 0.25) is 0 Å². The third-order valence-electron chi connectivity index (χ3n) is 1.22. The molecule has 2 nitrogen and oxygen atoms in total. The minimum absolute atomic E-state index is 0.160. The summed E-state index contributed by atoms with van der Waals surface area (Å²) in [6.07, 6.45) is 0. The minimum Gasteiger partial charge on any atom is -0.504 e. The van der Waals surface area contributed by atoms with E-state index in [1.807, 2.05) is 0 Å². The molecule has 60 valence electrons. The molecule has 0 radical (unpaired) electrons. The van der Waals surface area contributed by atoms with Gasteiger partial charge in [-0.05, 0) is 19.1 Å². The summed E-state index contributed by atoms with van der Waals surface area (Å²) in [7, 11) is 0. The molecule has 0 saturated carbocycles. The second kappa shape index (κ2) is 3.23. The first-order chi connectivity index (χ1) is 5.24. The van der Waals surface area contributed by atoms with E-state index in [-0.39, 0.29) is 5.75 Å². The predicted octanol–water partition coefficient (Wildman–Crippen LogP) is 1.93. The van der Waals surface area contributed by atoms with Crippen LogP contribution in [0.5, 0.6) is 11.5 Å². The lowest BCUT2D eigenvalue weighted by molar-refractivity contribution is 0.317. The van der Waals surface area contributed by atoms with Crippen LogP contribution in [0.4, 0.5) is 4.39 Å². The molecule has 0 heterocycles. The summed E-state index contributed by atoms with van der Waals surface area (Å²) in [6.45, 7) is 2.25. The zero-order valence-electron chi connectivity index (χ0n) is 6.17. The van der Waals surface area contributed by atoms with Crippen molar-refractivity contribution in [1.29, 1.82) is 0 Å². The van der Waals surface area contributed by atoms with E-state index in [9.17, 15) is 4.39 Å². The monoisotopic (exact) mass is 156 g/mol. The van der Waals surface area contributed by atoms with Gasteiger partial charge in [0.15, 0.2) is 11.5 Å². The molecule has 0 aliphatic rings. The Bertz CT molecular complexity index is 248. The molecular weight excluding hydrogens is 147 g/mol. The van der Waals surface area contributed by atoms with E-state index in [0.717, 1.165) is 6.07 Å². The highest BCUT2D eigenvalue weighted by atomic mass is 19.1. The van der Waals surface area contributed by atoms with Crippen LogP contribution < -0.4 is 4.74 Å². The first-order valence-corrected chi connectivity index (χ1v) is 3.35. The van der Waals surface area contributed by atoms with E-state index in [4.69, 9.17) is 9.84 Å². The van der Waals surface area contributed by atoms with Gasteiger partial charge in [-0.3, -0.25) is 0 Å². The molecule has 1 aromatic carbocycles. The van der Waals surface area contributed by atoms with E-state index in [1.165, 1.54) is 12.1 Å². The van der Waals surface area contributed by atoms with Gasteiger partial charge in [0.05, 0.1) is 6.61 Å². The van der Waals surface area contributed by atoms with E-state index in [0.29, 0.717) is 12.4 Å². The number of benzene rings is 1. The molecular formula is C8H9FO2. The second-order valence-corrected chi connectivity index (χ2v) is 2.05. The molecule has 0 spiro atoms. The highest BCUT2D eigenvalue weighted by Gasteiger charge is 2.01. The van der Waals surface area contributed by atoms with E-state index >= 15 is 0 Å². The smallest absolute Gasteiger partial charge is 0.161 e. The van der Waals surface area contributed by atoms with Crippen molar-refractivity contribution >= 4 is 0 Å². The predicted molar refractivity (Wildman–Crippen MR) is 39.2 cm³/mol. The van der Waals surface area contributed by atoms with Gasteiger partial charge in [0.1, 0.15) is 5.82 Å². The molecule has 11 heavy (non-hydrogen) atoms. The van der Waals surface area contributed by atoms with Crippen molar-refractivity contribution in [3.8, 4) is 11.5 Å².